The molecule has 8 heteroatoms. The van der Waals surface area contributed by atoms with E-state index >= 15 is 0 Å². The van der Waals surface area contributed by atoms with Gasteiger partial charge in [0.2, 0.25) is 0 Å². The van der Waals surface area contributed by atoms with Crippen molar-refractivity contribution in [3.63, 3.8) is 0 Å². The highest BCUT2D eigenvalue weighted by Gasteiger charge is 2.22. The molecule has 5 heterocycles. The van der Waals surface area contributed by atoms with Crippen molar-refractivity contribution in [1.82, 2.24) is 25.3 Å². The highest BCUT2D eigenvalue weighted by atomic mass is 16.5. The first-order valence-corrected chi connectivity index (χ1v) is 11.7. The van der Waals surface area contributed by atoms with Crippen LogP contribution in [0.5, 0.6) is 0 Å². The van der Waals surface area contributed by atoms with Gasteiger partial charge in [0.15, 0.2) is 5.82 Å². The van der Waals surface area contributed by atoms with Crippen LogP contribution in [-0.4, -0.2) is 65.4 Å². The molecular weight excluding hydrogens is 414 g/mol. The summed E-state index contributed by atoms with van der Waals surface area (Å²) in [6, 6.07) is 4.41. The second kappa shape index (κ2) is 8.88. The average Bonchev–Trinajstić information content (AvgIpc) is 2.84. The van der Waals surface area contributed by atoms with Crippen molar-refractivity contribution in [2.75, 3.05) is 49.6 Å². The molecule has 2 N–H and O–H groups in total. The van der Waals surface area contributed by atoms with Gasteiger partial charge < -0.3 is 20.3 Å². The first kappa shape index (κ1) is 20.3. The molecule has 1 aliphatic carbocycles. The molecule has 0 unspecified atom stereocenters. The minimum Gasteiger partial charge on any atom is -0.381 e. The smallest absolute Gasteiger partial charge is 0.162 e. The fraction of sp³-hybridized carbons (Fsp3) is 0.360. The lowest BCUT2D eigenvalue weighted by atomic mass is 9.97. The number of aromatic nitrogens is 4. The third-order valence-corrected chi connectivity index (χ3v) is 6.46. The summed E-state index contributed by atoms with van der Waals surface area (Å²) in [6.45, 7) is 5.29. The van der Waals surface area contributed by atoms with Crippen LogP contribution < -0.4 is 15.5 Å². The monoisotopic (exact) mass is 441 g/mol. The van der Waals surface area contributed by atoms with Gasteiger partial charge in [0, 0.05) is 69.0 Å². The van der Waals surface area contributed by atoms with Crippen molar-refractivity contribution >= 4 is 28.1 Å². The Morgan fingerprint density at radius 1 is 1.09 bits per heavy atom. The zero-order valence-electron chi connectivity index (χ0n) is 18.5. The van der Waals surface area contributed by atoms with Gasteiger partial charge in [-0.25, -0.2) is 15.0 Å². The van der Waals surface area contributed by atoms with Crippen LogP contribution in [0.2, 0.25) is 0 Å². The van der Waals surface area contributed by atoms with E-state index in [1.165, 1.54) is 5.57 Å². The van der Waals surface area contributed by atoms with Crippen LogP contribution in [0.3, 0.4) is 0 Å². The van der Waals surface area contributed by atoms with Gasteiger partial charge in [-0.05, 0) is 30.5 Å². The average molecular weight is 442 g/mol. The quantitative estimate of drug-likeness (QED) is 0.625. The maximum Gasteiger partial charge on any atom is 0.162 e. The zero-order chi connectivity index (χ0) is 22.0. The molecule has 0 spiro atoms. The molecule has 0 aromatic carbocycles. The maximum atomic E-state index is 5.48. The van der Waals surface area contributed by atoms with Crippen LogP contribution in [0.25, 0.3) is 27.9 Å². The highest BCUT2D eigenvalue weighted by Crippen LogP contribution is 2.35. The summed E-state index contributed by atoms with van der Waals surface area (Å²) in [4.78, 5) is 21.5. The number of rotatable bonds is 5. The Kier molecular flexibility index (Phi) is 5.45. The zero-order valence-corrected chi connectivity index (χ0v) is 18.5. The molecule has 33 heavy (non-hydrogen) atoms. The van der Waals surface area contributed by atoms with Crippen molar-refractivity contribution in [2.24, 2.45) is 0 Å². The SMILES string of the molecule is C1=CC(c2cncc3nc(-c4ccnc(NC5CCOCC5)c4)nc(N4CCNCC4)c23)=C1. The lowest BCUT2D eigenvalue weighted by molar-refractivity contribution is 0.0904. The summed E-state index contributed by atoms with van der Waals surface area (Å²) >= 11 is 0. The number of ether oxygens (including phenoxy) is 1. The molecule has 3 aliphatic rings. The van der Waals surface area contributed by atoms with E-state index in [0.29, 0.717) is 11.9 Å². The van der Waals surface area contributed by atoms with Crippen LogP contribution in [0, 0.1) is 0 Å². The van der Waals surface area contributed by atoms with Crippen LogP contribution in [0.15, 0.2) is 49.0 Å². The number of hydrogen-bond donors (Lipinski definition) is 2. The Morgan fingerprint density at radius 3 is 2.73 bits per heavy atom. The molecule has 3 aromatic heterocycles. The van der Waals surface area contributed by atoms with Crippen molar-refractivity contribution in [1.29, 1.82) is 0 Å². The van der Waals surface area contributed by atoms with Crippen molar-refractivity contribution in [3.05, 3.63) is 54.5 Å². The third-order valence-electron chi connectivity index (χ3n) is 6.46. The summed E-state index contributed by atoms with van der Waals surface area (Å²) in [5.74, 6) is 2.53. The summed E-state index contributed by atoms with van der Waals surface area (Å²) in [6.07, 6.45) is 13.9. The number of anilines is 2. The van der Waals surface area contributed by atoms with Gasteiger partial charge in [-0.15, -0.1) is 0 Å². The Bertz CT molecular complexity index is 1230. The first-order chi connectivity index (χ1) is 16.3. The molecule has 0 amide bonds. The molecular formula is C25H27N7O. The molecule has 2 saturated heterocycles. The van der Waals surface area contributed by atoms with E-state index in [9.17, 15) is 0 Å². The van der Waals surface area contributed by atoms with E-state index in [0.717, 1.165) is 85.9 Å². The van der Waals surface area contributed by atoms with E-state index in [1.54, 1.807) is 0 Å². The molecule has 2 aliphatic heterocycles. The number of fused-ring (bicyclic) bond motifs is 1. The van der Waals surface area contributed by atoms with Gasteiger partial charge >= 0.3 is 0 Å². The Labute approximate surface area is 192 Å². The molecule has 0 atom stereocenters. The van der Waals surface area contributed by atoms with Crippen LogP contribution in [-0.2, 0) is 4.74 Å². The Morgan fingerprint density at radius 2 is 1.94 bits per heavy atom. The molecule has 0 saturated carbocycles. The van der Waals surface area contributed by atoms with Crippen molar-refractivity contribution in [3.8, 4) is 11.4 Å². The van der Waals surface area contributed by atoms with Crippen LogP contribution in [0.1, 0.15) is 18.4 Å². The summed E-state index contributed by atoms with van der Waals surface area (Å²) in [5, 5.41) is 8.06. The molecule has 6 rings (SSSR count). The fourth-order valence-electron chi connectivity index (χ4n) is 4.59. The molecule has 0 radical (unpaired) electrons. The standard InChI is InChI=1S/C25H27N7O/c1-2-17(3-1)20-15-27-16-21-23(20)25(32-10-8-26-9-11-32)31-24(30-21)18-4-7-28-22(14-18)29-19-5-12-33-13-6-19/h1-4,7,14-16,19,26H,5-6,8-13H2,(H,28,29). The van der Waals surface area contributed by atoms with E-state index < -0.39 is 0 Å². The molecule has 3 aromatic rings. The summed E-state index contributed by atoms with van der Waals surface area (Å²) in [7, 11) is 0. The van der Waals surface area contributed by atoms with Crippen LogP contribution in [0.4, 0.5) is 11.6 Å². The van der Waals surface area contributed by atoms with Gasteiger partial charge in [0.05, 0.1) is 17.1 Å². The predicted molar refractivity (Wildman–Crippen MR) is 130 cm³/mol. The summed E-state index contributed by atoms with van der Waals surface area (Å²) in [5.41, 5.74) is 4.08. The van der Waals surface area contributed by atoms with Crippen molar-refractivity contribution < 1.29 is 4.74 Å². The normalized spacial score (nSPS) is 18.8. The summed E-state index contributed by atoms with van der Waals surface area (Å²) < 4.78 is 5.48. The van der Waals surface area contributed by atoms with Gasteiger partial charge in [0.25, 0.3) is 0 Å². The van der Waals surface area contributed by atoms with Gasteiger partial charge in [-0.2, -0.15) is 0 Å². The van der Waals surface area contributed by atoms with Gasteiger partial charge in [0.1, 0.15) is 11.6 Å². The number of nitrogens with one attached hydrogen (secondary N) is 2. The number of allylic oxidation sites excluding steroid dienone is 4. The fourth-order valence-corrected chi connectivity index (χ4v) is 4.59. The molecule has 0 bridgehead atoms. The third kappa shape index (κ3) is 4.07. The predicted octanol–water partition coefficient (Wildman–Crippen LogP) is 3.04. The van der Waals surface area contributed by atoms with Crippen LogP contribution >= 0.6 is 0 Å². The second-order valence-corrected chi connectivity index (χ2v) is 8.63. The minimum absolute atomic E-state index is 0.381. The van der Waals surface area contributed by atoms with E-state index in [-0.39, 0.29) is 0 Å². The molecule has 168 valence electrons. The Hall–Kier alpha value is -3.36. The maximum absolute atomic E-state index is 5.48. The largest absolute Gasteiger partial charge is 0.381 e. The second-order valence-electron chi connectivity index (χ2n) is 8.63. The number of piperazine rings is 1. The topological polar surface area (TPSA) is 88.1 Å². The van der Waals surface area contributed by atoms with Gasteiger partial charge in [-0.3, -0.25) is 4.98 Å². The number of hydrogen-bond acceptors (Lipinski definition) is 8. The molecule has 2 fully saturated rings. The molecule has 8 nitrogen and oxygen atoms in total. The van der Waals surface area contributed by atoms with E-state index in [4.69, 9.17) is 14.7 Å². The van der Waals surface area contributed by atoms with Crippen molar-refractivity contribution in [2.45, 2.75) is 18.9 Å². The van der Waals surface area contributed by atoms with E-state index in [2.05, 4.69) is 43.7 Å². The lowest BCUT2D eigenvalue weighted by Crippen LogP contribution is -2.44. The Balaban J connectivity index is 1.42. The van der Waals surface area contributed by atoms with Gasteiger partial charge in [-0.1, -0.05) is 18.2 Å². The van der Waals surface area contributed by atoms with E-state index in [1.807, 2.05) is 30.7 Å². The lowest BCUT2D eigenvalue weighted by Gasteiger charge is -2.30. The number of pyridine rings is 2. The number of nitrogens with zero attached hydrogens (tertiary/aromatic N) is 5. The minimum atomic E-state index is 0.381. The first-order valence-electron chi connectivity index (χ1n) is 11.7. The highest BCUT2D eigenvalue weighted by molar-refractivity contribution is 6.02.